The van der Waals surface area contributed by atoms with E-state index in [1.165, 1.54) is 0 Å². The van der Waals surface area contributed by atoms with Gasteiger partial charge in [-0.2, -0.15) is 0 Å². The highest BCUT2D eigenvalue weighted by atomic mass is 32.2. The van der Waals surface area contributed by atoms with Crippen LogP contribution >= 0.6 is 23.5 Å². The van der Waals surface area contributed by atoms with E-state index in [9.17, 15) is 57.8 Å². The van der Waals surface area contributed by atoms with E-state index in [4.69, 9.17) is 53.1 Å². The molecule has 66 heavy (non-hydrogen) atoms. The Kier molecular flexibility index (Phi) is 24.4. The Morgan fingerprint density at radius 3 is 1.15 bits per heavy atom. The van der Waals surface area contributed by atoms with E-state index in [-0.39, 0.29) is 30.9 Å². The lowest BCUT2D eigenvalue weighted by Crippen LogP contribution is -2.61. The topological polar surface area (TPSA) is 330 Å². The van der Waals surface area contributed by atoms with Crippen LogP contribution in [0.5, 0.6) is 0 Å². The molecule has 11 atom stereocenters. The number of hydrogen-bond acceptors (Lipinski definition) is 24. The molecule has 0 spiro atoms. The number of carboxylic acids is 1. The third kappa shape index (κ3) is 19.0. The highest BCUT2D eigenvalue weighted by Gasteiger charge is 2.54. The fraction of sp³-hybridized carbons (Fsp3) is 0.725. The smallest absolute Gasteiger partial charge is 0.326 e. The van der Waals surface area contributed by atoms with Crippen LogP contribution < -0.4 is 5.73 Å². The normalized spacial score (nSPS) is 25.1. The van der Waals surface area contributed by atoms with Crippen molar-refractivity contribution in [2.24, 2.45) is 5.73 Å². The number of imide groups is 1. The molecular formula is C40H58N2O22S2. The molecule has 0 saturated carbocycles. The van der Waals surface area contributed by atoms with Crippen LogP contribution in [0.25, 0.3) is 0 Å². The van der Waals surface area contributed by atoms with Crippen molar-refractivity contribution in [3.05, 3.63) is 0 Å². The highest BCUT2D eigenvalue weighted by Crippen LogP contribution is 2.37. The second kappa shape index (κ2) is 28.2. The predicted octanol–water partition coefficient (Wildman–Crippen LogP) is 0.337. The zero-order chi connectivity index (χ0) is 49.8. The fourth-order valence-corrected chi connectivity index (χ4v) is 9.04. The number of unbranched alkanes of at least 4 members (excludes halogenated alkanes) is 1. The average molecular weight is 983 g/mol. The van der Waals surface area contributed by atoms with Gasteiger partial charge in [0, 0.05) is 79.7 Å². The van der Waals surface area contributed by atoms with Crippen molar-refractivity contribution in [3.8, 4) is 0 Å². The molecular weight excluding hydrogens is 925 g/mol. The quantitative estimate of drug-likeness (QED) is 0.0748. The summed E-state index contributed by atoms with van der Waals surface area (Å²) >= 11 is 1.67. The lowest BCUT2D eigenvalue weighted by Gasteiger charge is -2.44. The summed E-state index contributed by atoms with van der Waals surface area (Å²) in [5.41, 5.74) is 3.07. The number of carbonyl (C=O) groups excluding carboxylic acids is 10. The van der Waals surface area contributed by atoms with Gasteiger partial charge in [-0.05, 0) is 25.8 Å². The van der Waals surface area contributed by atoms with E-state index in [1.807, 2.05) is 0 Å². The second-order valence-corrected chi connectivity index (χ2v) is 17.1. The lowest BCUT2D eigenvalue weighted by molar-refractivity contribution is -0.237. The van der Waals surface area contributed by atoms with E-state index in [0.717, 1.165) is 78.9 Å². The molecule has 0 aliphatic carbocycles. The molecule has 2 saturated heterocycles. The molecule has 0 aromatic rings. The third-order valence-corrected chi connectivity index (χ3v) is 11.5. The van der Waals surface area contributed by atoms with Crippen LogP contribution in [0, 0.1) is 0 Å². The molecule has 24 nitrogen and oxygen atoms in total. The minimum atomic E-state index is -1.66. The summed E-state index contributed by atoms with van der Waals surface area (Å²) in [6.07, 6.45) is -12.0. The Morgan fingerprint density at radius 2 is 0.848 bits per heavy atom. The van der Waals surface area contributed by atoms with Gasteiger partial charge in [-0.1, -0.05) is 0 Å². The lowest BCUT2D eigenvalue weighted by atomic mass is 9.99. The summed E-state index contributed by atoms with van der Waals surface area (Å²) in [4.78, 5) is 138. The van der Waals surface area contributed by atoms with Crippen LogP contribution in [0.4, 0.5) is 0 Å². The van der Waals surface area contributed by atoms with Crippen molar-refractivity contribution in [2.45, 2.75) is 153 Å². The summed E-state index contributed by atoms with van der Waals surface area (Å²) in [6.45, 7) is 7.71. The summed E-state index contributed by atoms with van der Waals surface area (Å²) < 4.78 is 54.9. The molecule has 2 rings (SSSR count). The minimum absolute atomic E-state index is 0.177. The minimum Gasteiger partial charge on any atom is -0.480 e. The Labute approximate surface area is 388 Å². The van der Waals surface area contributed by atoms with Gasteiger partial charge >= 0.3 is 53.7 Å². The van der Waals surface area contributed by atoms with Crippen molar-refractivity contribution >= 4 is 89.1 Å². The van der Waals surface area contributed by atoms with Gasteiger partial charge in [0.25, 0.3) is 0 Å². The monoisotopic (exact) mass is 982 g/mol. The molecule has 2 amide bonds. The van der Waals surface area contributed by atoms with E-state index in [2.05, 4.69) is 0 Å². The van der Waals surface area contributed by atoms with E-state index in [1.54, 1.807) is 0 Å². The molecule has 0 aromatic heterocycles. The number of ether oxygens (including phenoxy) is 10. The summed E-state index contributed by atoms with van der Waals surface area (Å²) in [5.74, 6) is -10.5. The van der Waals surface area contributed by atoms with Crippen LogP contribution in [0.1, 0.15) is 87.5 Å². The maximum atomic E-state index is 14.0. The van der Waals surface area contributed by atoms with Crippen LogP contribution in [0.3, 0.4) is 0 Å². The van der Waals surface area contributed by atoms with Crippen LogP contribution in [-0.2, 0) is 100 Å². The molecule has 2 aliphatic heterocycles. The van der Waals surface area contributed by atoms with Crippen LogP contribution in [0.2, 0.25) is 0 Å². The van der Waals surface area contributed by atoms with Gasteiger partial charge < -0.3 is 58.2 Å². The number of amides is 2. The van der Waals surface area contributed by atoms with Gasteiger partial charge in [0.1, 0.15) is 42.3 Å². The van der Waals surface area contributed by atoms with Crippen molar-refractivity contribution in [3.63, 3.8) is 0 Å². The van der Waals surface area contributed by atoms with Gasteiger partial charge in [-0.25, -0.2) is 4.79 Å². The number of carbonyl (C=O) groups is 11. The maximum Gasteiger partial charge on any atom is 0.326 e. The number of carboxylic acid groups (broad SMARTS) is 1. The van der Waals surface area contributed by atoms with Gasteiger partial charge in [0.05, 0.1) is 0 Å². The van der Waals surface area contributed by atoms with Crippen LogP contribution in [0.15, 0.2) is 0 Å². The number of nitrogens with zero attached hydrogens (tertiary/aromatic N) is 1. The van der Waals surface area contributed by atoms with Gasteiger partial charge in [-0.3, -0.25) is 52.8 Å². The van der Waals surface area contributed by atoms with Gasteiger partial charge in [-0.15, -0.1) is 23.5 Å². The number of rotatable bonds is 24. The highest BCUT2D eigenvalue weighted by molar-refractivity contribution is 8.00. The second-order valence-electron chi connectivity index (χ2n) is 14.7. The van der Waals surface area contributed by atoms with Crippen molar-refractivity contribution in [2.75, 3.05) is 31.3 Å². The Morgan fingerprint density at radius 1 is 0.515 bits per heavy atom. The Balaban J connectivity index is 2.46. The molecule has 372 valence electrons. The number of nitrogens with two attached hydrogens (primary N) is 1. The largest absolute Gasteiger partial charge is 0.480 e. The molecule has 2 fully saturated rings. The van der Waals surface area contributed by atoms with Gasteiger partial charge in [0.2, 0.25) is 11.8 Å². The summed E-state index contributed by atoms with van der Waals surface area (Å²) in [5, 5.41) is 10.3. The number of aliphatic carboxylic acids is 1. The average Bonchev–Trinajstić information content (AvgIpc) is 3.19. The van der Waals surface area contributed by atoms with Crippen LogP contribution in [-0.4, -0.2) is 173 Å². The first-order valence-corrected chi connectivity index (χ1v) is 22.7. The molecule has 26 heteroatoms. The first-order chi connectivity index (χ1) is 31.0. The molecule has 0 bridgehead atoms. The number of esters is 8. The first kappa shape index (κ1) is 57.1. The zero-order valence-electron chi connectivity index (χ0n) is 37.8. The van der Waals surface area contributed by atoms with Gasteiger partial charge in [0.15, 0.2) is 36.6 Å². The standard InChI is InChI=1S/C40H58N2O22S2/c1-19(43)55-17-28-32(57-21(3)45)34(59-23(5)47)36(61-25(7)49)39(63-28)65-15-12-30(51)42(27(38(53)54)11-9-10-14-41)31(52)13-16-66-40-37(62-26(8)50)35(60-24(6)48)33(58-22(4)46)29(64-40)18-56-20(2)44/h27-29,32-37,39-40H,9-18,41H2,1-8H3,(H,53,54)/t27-,28+,29+,32+,33+,34-,35-,36-,37-,39+,40+/m0/s1. The number of thioether (sulfide) groups is 2. The third-order valence-electron chi connectivity index (χ3n) is 9.16. The Bertz CT molecular complexity index is 1650. The van der Waals surface area contributed by atoms with Crippen molar-refractivity contribution < 1.29 is 105 Å². The molecule has 0 radical (unpaired) electrons. The van der Waals surface area contributed by atoms with Crippen molar-refractivity contribution in [1.29, 1.82) is 0 Å². The first-order valence-electron chi connectivity index (χ1n) is 20.6. The molecule has 2 heterocycles. The van der Waals surface area contributed by atoms with E-state index < -0.39 is 157 Å². The molecule has 0 aromatic carbocycles. The van der Waals surface area contributed by atoms with Crippen molar-refractivity contribution in [1.82, 2.24) is 4.90 Å². The maximum absolute atomic E-state index is 14.0. The zero-order valence-corrected chi connectivity index (χ0v) is 39.4. The number of hydrogen-bond donors (Lipinski definition) is 2. The molecule has 0 unspecified atom stereocenters. The summed E-state index contributed by atoms with van der Waals surface area (Å²) in [6, 6.07) is -1.66. The summed E-state index contributed by atoms with van der Waals surface area (Å²) in [7, 11) is 0. The van der Waals surface area contributed by atoms with E-state index >= 15 is 0 Å². The molecule has 2 aliphatic rings. The van der Waals surface area contributed by atoms with E-state index in [0.29, 0.717) is 11.3 Å². The molecule has 3 N–H and O–H groups in total. The fourth-order valence-electron chi connectivity index (χ4n) is 6.74. The SMILES string of the molecule is CC(=O)OC[C@H]1O[C@H](SCCC(=O)N(C(=O)CCS[C@H]2O[C@H](COC(C)=O)[C@@H](OC(C)=O)[C@H](OC(C)=O)[C@@H]2OC(C)=O)[C@@H](CCCCN)C(=O)O)[C@@H](OC(C)=O)[C@@H](OC(C)=O)[C@@H]1OC(C)=O. The Hall–Kier alpha value is -5.05. The predicted molar refractivity (Wildman–Crippen MR) is 224 cm³/mol.